The lowest BCUT2D eigenvalue weighted by Gasteiger charge is -2.15. The molecule has 0 spiro atoms. The summed E-state index contributed by atoms with van der Waals surface area (Å²) >= 11 is 0. The fraction of sp³-hybridized carbons (Fsp3) is 0.100. The van der Waals surface area contributed by atoms with Crippen LogP contribution in [0.1, 0.15) is 0 Å². The first-order valence-electron chi connectivity index (χ1n) is 8.12. The van der Waals surface area contributed by atoms with Gasteiger partial charge in [0.2, 0.25) is 0 Å². The Hall–Kier alpha value is -3.54. The molecule has 0 radical (unpaired) electrons. The first-order chi connectivity index (χ1) is 12.7. The lowest BCUT2D eigenvalue weighted by Crippen LogP contribution is -1.99. The molecule has 0 aliphatic carbocycles. The van der Waals surface area contributed by atoms with Crippen molar-refractivity contribution >= 4 is 11.3 Å². The molecule has 6 nitrogen and oxygen atoms in total. The maximum Gasteiger partial charge on any atom is 0.168 e. The minimum absolute atomic E-state index is 0.579. The van der Waals surface area contributed by atoms with Gasteiger partial charge in [-0.15, -0.1) is 0 Å². The van der Waals surface area contributed by atoms with E-state index in [0.717, 1.165) is 22.3 Å². The van der Waals surface area contributed by atoms with Gasteiger partial charge in [0.25, 0.3) is 0 Å². The van der Waals surface area contributed by atoms with Gasteiger partial charge in [-0.2, -0.15) is 0 Å². The second kappa shape index (κ2) is 6.40. The third kappa shape index (κ3) is 2.52. The van der Waals surface area contributed by atoms with Crippen molar-refractivity contribution < 1.29 is 9.47 Å². The minimum atomic E-state index is 0.579. The number of nitrogens with zero attached hydrogens (tertiary/aromatic N) is 3. The lowest BCUT2D eigenvalue weighted by atomic mass is 10.00. The van der Waals surface area contributed by atoms with Gasteiger partial charge in [0.1, 0.15) is 5.65 Å². The number of rotatable bonds is 4. The Morgan fingerprint density at radius 3 is 2.62 bits per heavy atom. The number of pyridine rings is 2. The molecule has 0 atom stereocenters. The summed E-state index contributed by atoms with van der Waals surface area (Å²) in [6.45, 7) is 0. The zero-order chi connectivity index (χ0) is 18.1. The van der Waals surface area contributed by atoms with Gasteiger partial charge in [0.15, 0.2) is 11.5 Å². The Morgan fingerprint density at radius 2 is 1.81 bits per heavy atom. The quantitative estimate of drug-likeness (QED) is 0.610. The largest absolute Gasteiger partial charge is 0.493 e. The average molecular weight is 346 g/mol. The lowest BCUT2D eigenvalue weighted by molar-refractivity contribution is 0.356. The SMILES string of the molecule is COc1cccc(-c2ccnc(-c3ccn4ccnc4c3)c2N)c1OC. The number of nitrogens with two attached hydrogens (primary N) is 1. The number of para-hydroxylation sites is 1. The highest BCUT2D eigenvalue weighted by Gasteiger charge is 2.16. The number of benzene rings is 1. The van der Waals surface area contributed by atoms with E-state index < -0.39 is 0 Å². The number of ether oxygens (including phenoxy) is 2. The number of hydrogen-bond acceptors (Lipinski definition) is 5. The molecule has 4 aromatic rings. The van der Waals surface area contributed by atoms with Crippen LogP contribution in [0, 0.1) is 0 Å². The molecule has 0 fully saturated rings. The smallest absolute Gasteiger partial charge is 0.168 e. The normalized spacial score (nSPS) is 10.8. The van der Waals surface area contributed by atoms with Gasteiger partial charge in [0, 0.05) is 41.5 Å². The van der Waals surface area contributed by atoms with Crippen LogP contribution >= 0.6 is 0 Å². The summed E-state index contributed by atoms with van der Waals surface area (Å²) in [5, 5.41) is 0. The summed E-state index contributed by atoms with van der Waals surface area (Å²) in [5.74, 6) is 1.30. The summed E-state index contributed by atoms with van der Waals surface area (Å²) < 4.78 is 12.9. The maximum absolute atomic E-state index is 6.50. The van der Waals surface area contributed by atoms with E-state index in [4.69, 9.17) is 15.2 Å². The second-order valence-electron chi connectivity index (χ2n) is 5.77. The molecule has 6 heteroatoms. The van der Waals surface area contributed by atoms with Crippen LogP contribution in [0.3, 0.4) is 0 Å². The first kappa shape index (κ1) is 16.0. The molecule has 26 heavy (non-hydrogen) atoms. The van der Waals surface area contributed by atoms with Crippen molar-refractivity contribution in [2.45, 2.75) is 0 Å². The number of hydrogen-bond donors (Lipinski definition) is 1. The van der Waals surface area contributed by atoms with Gasteiger partial charge in [-0.3, -0.25) is 4.98 Å². The highest BCUT2D eigenvalue weighted by molar-refractivity contribution is 5.89. The Balaban J connectivity index is 1.89. The predicted octanol–water partition coefficient (Wildman–Crippen LogP) is 3.66. The van der Waals surface area contributed by atoms with Crippen molar-refractivity contribution in [1.82, 2.24) is 14.4 Å². The van der Waals surface area contributed by atoms with E-state index in [1.807, 2.05) is 53.2 Å². The average Bonchev–Trinajstić information content (AvgIpc) is 3.15. The molecule has 4 rings (SSSR count). The van der Waals surface area contributed by atoms with E-state index in [2.05, 4.69) is 9.97 Å². The van der Waals surface area contributed by atoms with Gasteiger partial charge >= 0.3 is 0 Å². The van der Waals surface area contributed by atoms with Crippen molar-refractivity contribution in [3.63, 3.8) is 0 Å². The van der Waals surface area contributed by atoms with Crippen molar-refractivity contribution in [3.05, 3.63) is 61.2 Å². The van der Waals surface area contributed by atoms with Gasteiger partial charge in [0.05, 0.1) is 25.6 Å². The third-order valence-electron chi connectivity index (χ3n) is 4.35. The van der Waals surface area contributed by atoms with E-state index in [0.29, 0.717) is 22.9 Å². The van der Waals surface area contributed by atoms with Crippen LogP contribution in [-0.4, -0.2) is 28.6 Å². The minimum Gasteiger partial charge on any atom is -0.493 e. The molecule has 2 N–H and O–H groups in total. The molecule has 3 aromatic heterocycles. The van der Waals surface area contributed by atoms with Crippen molar-refractivity contribution in [2.24, 2.45) is 0 Å². The third-order valence-corrected chi connectivity index (χ3v) is 4.35. The van der Waals surface area contributed by atoms with Crippen LogP contribution in [-0.2, 0) is 0 Å². The molecule has 130 valence electrons. The van der Waals surface area contributed by atoms with Crippen LogP contribution in [0.15, 0.2) is 61.2 Å². The molecule has 0 bridgehead atoms. The van der Waals surface area contributed by atoms with E-state index in [9.17, 15) is 0 Å². The molecule has 0 unspecified atom stereocenters. The first-order valence-corrected chi connectivity index (χ1v) is 8.12. The molecule has 1 aromatic carbocycles. The van der Waals surface area contributed by atoms with Crippen LogP contribution in [0.25, 0.3) is 28.0 Å². The summed E-state index contributed by atoms with van der Waals surface area (Å²) in [4.78, 5) is 8.81. The van der Waals surface area contributed by atoms with Gasteiger partial charge in [-0.05, 0) is 24.3 Å². The summed E-state index contributed by atoms with van der Waals surface area (Å²) in [7, 11) is 3.23. The van der Waals surface area contributed by atoms with Crippen LogP contribution < -0.4 is 15.2 Å². The van der Waals surface area contributed by atoms with E-state index in [1.54, 1.807) is 26.6 Å². The molecule has 0 aliphatic heterocycles. The number of methoxy groups -OCH3 is 2. The van der Waals surface area contributed by atoms with E-state index in [-0.39, 0.29) is 0 Å². The standard InChI is InChI=1S/C20H18N4O2/c1-25-16-5-3-4-15(20(16)26-2)14-6-8-23-19(18(14)21)13-7-10-24-11-9-22-17(24)12-13/h3-12H,21H2,1-2H3. The van der Waals surface area contributed by atoms with Crippen molar-refractivity contribution in [3.8, 4) is 33.9 Å². The number of imidazole rings is 1. The molecule has 0 saturated carbocycles. The Morgan fingerprint density at radius 1 is 0.923 bits per heavy atom. The molecular formula is C20H18N4O2. The van der Waals surface area contributed by atoms with Crippen molar-refractivity contribution in [1.29, 1.82) is 0 Å². The number of anilines is 1. The molecule has 0 amide bonds. The Bertz CT molecular complexity index is 1090. The summed E-state index contributed by atoms with van der Waals surface area (Å²) in [6.07, 6.45) is 7.34. The highest BCUT2D eigenvalue weighted by atomic mass is 16.5. The van der Waals surface area contributed by atoms with E-state index >= 15 is 0 Å². The fourth-order valence-corrected chi connectivity index (χ4v) is 3.09. The molecule has 0 aliphatic rings. The Labute approximate surface area is 150 Å². The van der Waals surface area contributed by atoms with Gasteiger partial charge < -0.3 is 19.6 Å². The molecule has 0 saturated heterocycles. The van der Waals surface area contributed by atoms with Gasteiger partial charge in [-0.25, -0.2) is 4.98 Å². The fourth-order valence-electron chi connectivity index (χ4n) is 3.09. The summed E-state index contributed by atoms with van der Waals surface area (Å²) in [6, 6.07) is 11.5. The molecular weight excluding hydrogens is 328 g/mol. The van der Waals surface area contributed by atoms with Crippen LogP contribution in [0.5, 0.6) is 11.5 Å². The number of aromatic nitrogens is 3. The Kier molecular flexibility index (Phi) is 3.93. The second-order valence-corrected chi connectivity index (χ2v) is 5.77. The van der Waals surface area contributed by atoms with Crippen LogP contribution in [0.2, 0.25) is 0 Å². The molecule has 3 heterocycles. The van der Waals surface area contributed by atoms with Crippen molar-refractivity contribution in [2.75, 3.05) is 20.0 Å². The zero-order valence-electron chi connectivity index (χ0n) is 14.5. The van der Waals surface area contributed by atoms with E-state index in [1.165, 1.54) is 0 Å². The zero-order valence-corrected chi connectivity index (χ0v) is 14.5. The number of fused-ring (bicyclic) bond motifs is 1. The predicted molar refractivity (Wildman–Crippen MR) is 101 cm³/mol. The van der Waals surface area contributed by atoms with Gasteiger partial charge in [-0.1, -0.05) is 12.1 Å². The summed E-state index contributed by atoms with van der Waals surface area (Å²) in [5.41, 5.74) is 11.2. The number of nitrogen functional groups attached to an aromatic ring is 1. The highest BCUT2D eigenvalue weighted by Crippen LogP contribution is 2.42. The monoisotopic (exact) mass is 346 g/mol. The van der Waals surface area contributed by atoms with Crippen LogP contribution in [0.4, 0.5) is 5.69 Å². The topological polar surface area (TPSA) is 74.7 Å². The maximum atomic E-state index is 6.50.